The Morgan fingerprint density at radius 1 is 1.00 bits per heavy atom. The normalized spacial score (nSPS) is 11.5. The molecule has 0 aliphatic heterocycles. The van der Waals surface area contributed by atoms with Crippen molar-refractivity contribution in [3.63, 3.8) is 0 Å². The second kappa shape index (κ2) is 8.68. The van der Waals surface area contributed by atoms with Gasteiger partial charge in [-0.05, 0) is 45.8 Å². The van der Waals surface area contributed by atoms with Crippen molar-refractivity contribution in [3.8, 4) is 11.5 Å². The number of pyridine rings is 1. The molecule has 1 amide bonds. The van der Waals surface area contributed by atoms with Gasteiger partial charge < -0.3 is 14.8 Å². The van der Waals surface area contributed by atoms with Crippen LogP contribution in [0.3, 0.4) is 0 Å². The smallest absolute Gasteiger partial charge is 0.252 e. The van der Waals surface area contributed by atoms with E-state index < -0.39 is 0 Å². The van der Waals surface area contributed by atoms with Gasteiger partial charge in [0.25, 0.3) is 5.91 Å². The van der Waals surface area contributed by atoms with Crippen molar-refractivity contribution in [1.29, 1.82) is 0 Å². The molecule has 138 valence electrons. The topological polar surface area (TPSA) is 60.5 Å². The van der Waals surface area contributed by atoms with Gasteiger partial charge in [0.15, 0.2) is 0 Å². The molecule has 1 heterocycles. The SMILES string of the molecule is COc1cc(C(=O)NC(c2ccccc2)c2ccccn2)cc(OC)c1Br. The summed E-state index contributed by atoms with van der Waals surface area (Å²) >= 11 is 3.42. The van der Waals surface area contributed by atoms with E-state index in [1.807, 2.05) is 48.5 Å². The van der Waals surface area contributed by atoms with Gasteiger partial charge in [-0.1, -0.05) is 36.4 Å². The Balaban J connectivity index is 1.96. The van der Waals surface area contributed by atoms with Crippen LogP contribution in [0.15, 0.2) is 71.3 Å². The first-order valence-corrected chi connectivity index (χ1v) is 9.11. The highest BCUT2D eigenvalue weighted by Gasteiger charge is 2.21. The summed E-state index contributed by atoms with van der Waals surface area (Å²) in [4.78, 5) is 17.4. The zero-order valence-corrected chi connectivity index (χ0v) is 16.6. The molecule has 27 heavy (non-hydrogen) atoms. The fourth-order valence-corrected chi connectivity index (χ4v) is 3.29. The molecule has 0 bridgehead atoms. The molecular formula is C21H19BrN2O3. The molecule has 0 radical (unpaired) electrons. The van der Waals surface area contributed by atoms with Gasteiger partial charge in [-0.25, -0.2) is 0 Å². The van der Waals surface area contributed by atoms with E-state index in [4.69, 9.17) is 9.47 Å². The van der Waals surface area contributed by atoms with Crippen LogP contribution in [0.25, 0.3) is 0 Å². The predicted molar refractivity (Wildman–Crippen MR) is 107 cm³/mol. The standard InChI is InChI=1S/C21H19BrN2O3/c1-26-17-12-15(13-18(27-2)19(17)22)21(25)24-20(14-8-4-3-5-9-14)16-10-6-7-11-23-16/h3-13,20H,1-2H3,(H,24,25). The van der Waals surface area contributed by atoms with Gasteiger partial charge >= 0.3 is 0 Å². The molecule has 1 aromatic heterocycles. The second-order valence-electron chi connectivity index (χ2n) is 5.77. The lowest BCUT2D eigenvalue weighted by molar-refractivity contribution is 0.0941. The molecule has 0 aliphatic rings. The van der Waals surface area contributed by atoms with Gasteiger partial charge in [-0.15, -0.1) is 0 Å². The third kappa shape index (κ3) is 4.28. The molecule has 1 N–H and O–H groups in total. The minimum absolute atomic E-state index is 0.251. The molecule has 0 fully saturated rings. The summed E-state index contributed by atoms with van der Waals surface area (Å²) in [6.07, 6.45) is 1.71. The number of nitrogens with one attached hydrogen (secondary N) is 1. The largest absolute Gasteiger partial charge is 0.495 e. The van der Waals surface area contributed by atoms with Crippen LogP contribution >= 0.6 is 15.9 Å². The van der Waals surface area contributed by atoms with Crippen LogP contribution in [-0.4, -0.2) is 25.1 Å². The van der Waals surface area contributed by atoms with Crippen molar-refractivity contribution < 1.29 is 14.3 Å². The number of hydrogen-bond donors (Lipinski definition) is 1. The summed E-state index contributed by atoms with van der Waals surface area (Å²) in [5.74, 6) is 0.792. The minimum atomic E-state index is -0.375. The Morgan fingerprint density at radius 3 is 2.19 bits per heavy atom. The van der Waals surface area contributed by atoms with Crippen LogP contribution in [0.1, 0.15) is 27.7 Å². The minimum Gasteiger partial charge on any atom is -0.495 e. The summed E-state index contributed by atoms with van der Waals surface area (Å²) in [5, 5.41) is 3.06. The molecule has 0 saturated heterocycles. The summed E-state index contributed by atoms with van der Waals surface area (Å²) in [6.45, 7) is 0. The number of rotatable bonds is 6. The summed E-state index contributed by atoms with van der Waals surface area (Å²) < 4.78 is 11.3. The maximum atomic E-state index is 13.0. The van der Waals surface area contributed by atoms with Gasteiger partial charge in [0.2, 0.25) is 0 Å². The van der Waals surface area contributed by atoms with Crippen LogP contribution in [0.5, 0.6) is 11.5 Å². The Labute approximate surface area is 166 Å². The summed E-state index contributed by atoms with van der Waals surface area (Å²) in [6, 6.07) is 18.3. The van der Waals surface area contributed by atoms with Crippen LogP contribution in [0.2, 0.25) is 0 Å². The van der Waals surface area contributed by atoms with Crippen molar-refractivity contribution in [2.24, 2.45) is 0 Å². The summed E-state index contributed by atoms with van der Waals surface area (Å²) in [7, 11) is 3.09. The van der Waals surface area contributed by atoms with E-state index in [2.05, 4.69) is 26.2 Å². The molecule has 0 saturated carbocycles. The molecular weight excluding hydrogens is 408 g/mol. The highest BCUT2D eigenvalue weighted by Crippen LogP contribution is 2.35. The molecule has 2 aromatic carbocycles. The van der Waals surface area contributed by atoms with Crippen molar-refractivity contribution in [3.05, 3.63) is 88.2 Å². The molecule has 0 aliphatic carbocycles. The second-order valence-corrected chi connectivity index (χ2v) is 6.56. The third-order valence-corrected chi connectivity index (χ3v) is 4.88. The number of ether oxygens (including phenoxy) is 2. The Bertz CT molecular complexity index is 853. The van der Waals surface area contributed by atoms with Gasteiger partial charge in [0.1, 0.15) is 16.0 Å². The Morgan fingerprint density at radius 2 is 1.63 bits per heavy atom. The average Bonchev–Trinajstić information content (AvgIpc) is 2.73. The molecule has 3 aromatic rings. The number of amides is 1. The van der Waals surface area contributed by atoms with E-state index in [1.54, 1.807) is 32.5 Å². The molecule has 3 rings (SSSR count). The maximum absolute atomic E-state index is 13.0. The molecule has 5 nitrogen and oxygen atoms in total. The monoisotopic (exact) mass is 426 g/mol. The van der Waals surface area contributed by atoms with Crippen LogP contribution in [0.4, 0.5) is 0 Å². The van der Waals surface area contributed by atoms with E-state index in [0.29, 0.717) is 21.5 Å². The third-order valence-electron chi connectivity index (χ3n) is 4.10. The van der Waals surface area contributed by atoms with E-state index in [9.17, 15) is 4.79 Å². The molecule has 0 spiro atoms. The number of carbonyl (C=O) groups is 1. The molecule has 1 atom stereocenters. The lowest BCUT2D eigenvalue weighted by Crippen LogP contribution is -2.30. The molecule has 6 heteroatoms. The van der Waals surface area contributed by atoms with E-state index >= 15 is 0 Å². The molecule has 1 unspecified atom stereocenters. The van der Waals surface area contributed by atoms with Crippen LogP contribution in [0, 0.1) is 0 Å². The zero-order chi connectivity index (χ0) is 19.2. The summed E-state index contributed by atoms with van der Waals surface area (Å²) in [5.41, 5.74) is 2.14. The quantitative estimate of drug-likeness (QED) is 0.635. The van der Waals surface area contributed by atoms with Crippen molar-refractivity contribution in [1.82, 2.24) is 10.3 Å². The number of carbonyl (C=O) groups excluding carboxylic acids is 1. The van der Waals surface area contributed by atoms with E-state index in [-0.39, 0.29) is 11.9 Å². The van der Waals surface area contributed by atoms with E-state index in [1.165, 1.54) is 0 Å². The van der Waals surface area contributed by atoms with Crippen molar-refractivity contribution in [2.45, 2.75) is 6.04 Å². The van der Waals surface area contributed by atoms with Gasteiger partial charge in [-0.2, -0.15) is 0 Å². The first-order valence-electron chi connectivity index (χ1n) is 8.32. The fourth-order valence-electron chi connectivity index (χ4n) is 2.74. The van der Waals surface area contributed by atoms with Crippen molar-refractivity contribution in [2.75, 3.05) is 14.2 Å². The number of hydrogen-bond acceptors (Lipinski definition) is 4. The Hall–Kier alpha value is -2.86. The predicted octanol–water partition coefficient (Wildman–Crippen LogP) is 4.38. The van der Waals surface area contributed by atoms with Crippen LogP contribution < -0.4 is 14.8 Å². The van der Waals surface area contributed by atoms with Gasteiger partial charge in [-0.3, -0.25) is 9.78 Å². The number of methoxy groups -OCH3 is 2. The number of nitrogens with zero attached hydrogens (tertiary/aromatic N) is 1. The first-order chi connectivity index (χ1) is 13.1. The Kier molecular flexibility index (Phi) is 6.08. The fraction of sp³-hybridized carbons (Fsp3) is 0.143. The highest BCUT2D eigenvalue weighted by molar-refractivity contribution is 9.10. The van der Waals surface area contributed by atoms with Gasteiger partial charge in [0, 0.05) is 11.8 Å². The van der Waals surface area contributed by atoms with Crippen LogP contribution in [-0.2, 0) is 0 Å². The first kappa shape index (κ1) is 18.9. The number of benzene rings is 2. The maximum Gasteiger partial charge on any atom is 0.252 e. The zero-order valence-electron chi connectivity index (χ0n) is 15.0. The lowest BCUT2D eigenvalue weighted by atomic mass is 10.0. The number of halogens is 1. The van der Waals surface area contributed by atoms with Crippen molar-refractivity contribution >= 4 is 21.8 Å². The lowest BCUT2D eigenvalue weighted by Gasteiger charge is -2.19. The van der Waals surface area contributed by atoms with Gasteiger partial charge in [0.05, 0.1) is 26.0 Å². The number of aromatic nitrogens is 1. The average molecular weight is 427 g/mol. The van der Waals surface area contributed by atoms with E-state index in [0.717, 1.165) is 11.3 Å². The highest BCUT2D eigenvalue weighted by atomic mass is 79.9.